The van der Waals surface area contributed by atoms with Crippen molar-refractivity contribution in [2.24, 2.45) is 0 Å². The first-order valence-corrected chi connectivity index (χ1v) is 6.53. The zero-order chi connectivity index (χ0) is 13.8. The first kappa shape index (κ1) is 14.8. The van der Waals surface area contributed by atoms with Gasteiger partial charge in [-0.15, -0.1) is 0 Å². The van der Waals surface area contributed by atoms with E-state index in [-0.39, 0.29) is 11.4 Å². The molecule has 100 valence electrons. The number of pyridine rings is 1. The number of rotatable bonds is 4. The second-order valence-electron chi connectivity index (χ2n) is 5.06. The maximum absolute atomic E-state index is 11.6. The van der Waals surface area contributed by atoms with Crippen molar-refractivity contribution in [3.05, 3.63) is 16.9 Å². The van der Waals surface area contributed by atoms with Crippen LogP contribution in [0.15, 0.2) is 16.9 Å². The zero-order valence-electron chi connectivity index (χ0n) is 10.9. The van der Waals surface area contributed by atoms with Gasteiger partial charge in [-0.3, -0.25) is 9.78 Å². The first-order chi connectivity index (χ1) is 8.29. The smallest absolute Gasteiger partial charge is 0.222 e. The lowest BCUT2D eigenvalue weighted by atomic mass is 10.1. The van der Waals surface area contributed by atoms with E-state index in [0.717, 1.165) is 10.2 Å². The number of halogens is 1. The van der Waals surface area contributed by atoms with Crippen molar-refractivity contribution in [3.63, 3.8) is 0 Å². The molecule has 1 amide bonds. The summed E-state index contributed by atoms with van der Waals surface area (Å²) in [5.41, 5.74) is 6.91. The van der Waals surface area contributed by atoms with Crippen molar-refractivity contribution in [2.45, 2.75) is 32.7 Å². The molecule has 1 heterocycles. The normalized spacial score (nSPS) is 11.1. The standard InChI is InChI=1S/C12H19BrN4O/c1-12(2,3)17-10(18)4-5-16-11-8(13)6-15-7-9(11)14/h6-7H,4-5,14H2,1-3H3,(H,15,16)(H,17,18). The molecule has 0 bridgehead atoms. The molecular formula is C12H19BrN4O. The number of aromatic nitrogens is 1. The second-order valence-corrected chi connectivity index (χ2v) is 5.91. The van der Waals surface area contributed by atoms with Gasteiger partial charge in [-0.05, 0) is 36.7 Å². The van der Waals surface area contributed by atoms with Gasteiger partial charge in [-0.1, -0.05) is 0 Å². The van der Waals surface area contributed by atoms with Gasteiger partial charge in [-0.25, -0.2) is 0 Å². The van der Waals surface area contributed by atoms with Gasteiger partial charge in [-0.2, -0.15) is 0 Å². The van der Waals surface area contributed by atoms with Crippen molar-refractivity contribution >= 4 is 33.2 Å². The Morgan fingerprint density at radius 3 is 2.67 bits per heavy atom. The second kappa shape index (κ2) is 6.04. The molecule has 5 nitrogen and oxygen atoms in total. The fourth-order valence-electron chi connectivity index (χ4n) is 1.42. The minimum atomic E-state index is -0.201. The molecule has 0 atom stereocenters. The highest BCUT2D eigenvalue weighted by Crippen LogP contribution is 2.26. The Bertz CT molecular complexity index is 408. The van der Waals surface area contributed by atoms with E-state index in [1.54, 1.807) is 12.4 Å². The molecule has 0 fully saturated rings. The Labute approximate surface area is 116 Å². The number of nitrogens with two attached hydrogens (primary N) is 1. The number of hydrogen-bond acceptors (Lipinski definition) is 4. The monoisotopic (exact) mass is 314 g/mol. The van der Waals surface area contributed by atoms with Gasteiger partial charge < -0.3 is 16.4 Å². The van der Waals surface area contributed by atoms with Crippen LogP contribution in [0.25, 0.3) is 0 Å². The summed E-state index contributed by atoms with van der Waals surface area (Å²) in [6, 6.07) is 0. The number of carbonyl (C=O) groups is 1. The van der Waals surface area contributed by atoms with Gasteiger partial charge in [0.2, 0.25) is 5.91 Å². The van der Waals surface area contributed by atoms with E-state index in [2.05, 4.69) is 31.5 Å². The summed E-state index contributed by atoms with van der Waals surface area (Å²) >= 11 is 3.36. The van der Waals surface area contributed by atoms with Crippen molar-refractivity contribution in [3.8, 4) is 0 Å². The number of nitrogens with zero attached hydrogens (tertiary/aromatic N) is 1. The lowest BCUT2D eigenvalue weighted by molar-refractivity contribution is -0.122. The molecule has 1 rings (SSSR count). The maximum Gasteiger partial charge on any atom is 0.222 e. The summed E-state index contributed by atoms with van der Waals surface area (Å²) in [7, 11) is 0. The van der Waals surface area contributed by atoms with Crippen LogP contribution >= 0.6 is 15.9 Å². The third-order valence-electron chi connectivity index (χ3n) is 2.10. The van der Waals surface area contributed by atoms with Crippen LogP contribution in [0.2, 0.25) is 0 Å². The summed E-state index contributed by atoms with van der Waals surface area (Å²) in [6.07, 6.45) is 3.63. The molecule has 4 N–H and O–H groups in total. The molecule has 1 aromatic rings. The minimum Gasteiger partial charge on any atom is -0.396 e. The van der Waals surface area contributed by atoms with Crippen LogP contribution in [0.5, 0.6) is 0 Å². The molecule has 0 aliphatic heterocycles. The third-order valence-corrected chi connectivity index (χ3v) is 2.70. The van der Waals surface area contributed by atoms with Gasteiger partial charge in [0.1, 0.15) is 0 Å². The average molecular weight is 315 g/mol. The Hall–Kier alpha value is -1.30. The summed E-state index contributed by atoms with van der Waals surface area (Å²) in [5, 5.41) is 6.03. The molecule has 1 aromatic heterocycles. The Balaban J connectivity index is 2.45. The molecule has 0 aliphatic rings. The van der Waals surface area contributed by atoms with E-state index in [4.69, 9.17) is 5.73 Å². The van der Waals surface area contributed by atoms with Crippen LogP contribution in [0.1, 0.15) is 27.2 Å². The first-order valence-electron chi connectivity index (χ1n) is 5.73. The van der Waals surface area contributed by atoms with Gasteiger partial charge in [0.05, 0.1) is 22.0 Å². The summed E-state index contributed by atoms with van der Waals surface area (Å²) in [4.78, 5) is 15.6. The molecular weight excluding hydrogens is 296 g/mol. The average Bonchev–Trinajstić information content (AvgIpc) is 2.19. The predicted molar refractivity (Wildman–Crippen MR) is 77.4 cm³/mol. The lowest BCUT2D eigenvalue weighted by Gasteiger charge is -2.20. The van der Waals surface area contributed by atoms with Crippen molar-refractivity contribution in [2.75, 3.05) is 17.6 Å². The number of nitrogen functional groups attached to an aromatic ring is 1. The largest absolute Gasteiger partial charge is 0.396 e. The maximum atomic E-state index is 11.6. The number of anilines is 2. The molecule has 0 saturated carbocycles. The van der Waals surface area contributed by atoms with Crippen molar-refractivity contribution in [1.29, 1.82) is 0 Å². The van der Waals surface area contributed by atoms with Crippen LogP contribution in [0.4, 0.5) is 11.4 Å². The lowest BCUT2D eigenvalue weighted by Crippen LogP contribution is -2.41. The molecule has 0 saturated heterocycles. The van der Waals surface area contributed by atoms with E-state index in [9.17, 15) is 4.79 Å². The van der Waals surface area contributed by atoms with Crippen LogP contribution in [0, 0.1) is 0 Å². The SMILES string of the molecule is CC(C)(C)NC(=O)CCNc1c(N)cncc1Br. The van der Waals surface area contributed by atoms with E-state index >= 15 is 0 Å². The summed E-state index contributed by atoms with van der Waals surface area (Å²) < 4.78 is 0.790. The Kier molecular flexibility index (Phi) is 4.95. The fourth-order valence-corrected chi connectivity index (χ4v) is 1.91. The summed E-state index contributed by atoms with van der Waals surface area (Å²) in [6.45, 7) is 6.38. The van der Waals surface area contributed by atoms with Gasteiger partial charge in [0.25, 0.3) is 0 Å². The molecule has 0 spiro atoms. The van der Waals surface area contributed by atoms with Gasteiger partial charge in [0.15, 0.2) is 0 Å². The van der Waals surface area contributed by atoms with Gasteiger partial charge in [0, 0.05) is 24.7 Å². The van der Waals surface area contributed by atoms with Crippen molar-refractivity contribution in [1.82, 2.24) is 10.3 Å². The quantitative estimate of drug-likeness (QED) is 0.795. The van der Waals surface area contributed by atoms with Gasteiger partial charge >= 0.3 is 0 Å². The van der Waals surface area contributed by atoms with E-state index < -0.39 is 0 Å². The predicted octanol–water partition coefficient (Wildman–Crippen LogP) is 2.14. The number of nitrogens with one attached hydrogen (secondary N) is 2. The fraction of sp³-hybridized carbons (Fsp3) is 0.500. The van der Waals surface area contributed by atoms with E-state index in [1.165, 1.54) is 0 Å². The molecule has 6 heteroatoms. The van der Waals surface area contributed by atoms with Crippen LogP contribution < -0.4 is 16.4 Å². The minimum absolute atomic E-state index is 0.0127. The van der Waals surface area contributed by atoms with Crippen LogP contribution in [-0.4, -0.2) is 23.0 Å². The highest BCUT2D eigenvalue weighted by Gasteiger charge is 2.13. The molecule has 0 unspecified atom stereocenters. The van der Waals surface area contributed by atoms with E-state index in [0.29, 0.717) is 18.7 Å². The molecule has 0 aromatic carbocycles. The molecule has 0 aliphatic carbocycles. The van der Waals surface area contributed by atoms with Crippen LogP contribution in [-0.2, 0) is 4.79 Å². The summed E-state index contributed by atoms with van der Waals surface area (Å²) in [5.74, 6) is 0.0127. The number of hydrogen-bond donors (Lipinski definition) is 3. The zero-order valence-corrected chi connectivity index (χ0v) is 12.5. The topological polar surface area (TPSA) is 80.0 Å². The highest BCUT2D eigenvalue weighted by molar-refractivity contribution is 9.10. The highest BCUT2D eigenvalue weighted by atomic mass is 79.9. The Morgan fingerprint density at radius 1 is 1.44 bits per heavy atom. The third kappa shape index (κ3) is 4.91. The molecule has 0 radical (unpaired) electrons. The van der Waals surface area contributed by atoms with Crippen LogP contribution in [0.3, 0.4) is 0 Å². The Morgan fingerprint density at radius 2 is 2.11 bits per heavy atom. The van der Waals surface area contributed by atoms with E-state index in [1.807, 2.05) is 20.8 Å². The number of amides is 1. The molecule has 18 heavy (non-hydrogen) atoms. The number of carbonyl (C=O) groups excluding carboxylic acids is 1. The van der Waals surface area contributed by atoms with Crippen molar-refractivity contribution < 1.29 is 4.79 Å².